The maximum atomic E-state index is 6.42. The van der Waals surface area contributed by atoms with Gasteiger partial charge < -0.3 is 14.2 Å². The fourth-order valence-electron chi connectivity index (χ4n) is 7.21. The quantitative estimate of drug-likeness (QED) is 0.157. The minimum Gasteiger partial charge on any atom is -0.399 e. The standard InChI is InChI=1S/C45H44BNO2/c1-9-37-39-28-26-36(30-41(39)43(3,4)40(37)10-2)47(35-24-22-34(23-25-35)46-48-44(5,6)45(7,8)49-46)42-29-33(31-17-13-11-14-18-31)21-27-38(42)32-19-15-12-16-20-32/h9-30H,1-2H2,3-8H3. The monoisotopic (exact) mass is 641 g/mol. The molecule has 0 saturated carbocycles. The van der Waals surface area contributed by atoms with Crippen molar-refractivity contribution in [3.63, 3.8) is 0 Å². The second-order valence-corrected chi connectivity index (χ2v) is 14.6. The van der Waals surface area contributed by atoms with E-state index in [9.17, 15) is 0 Å². The molecule has 7 rings (SSSR count). The lowest BCUT2D eigenvalue weighted by Gasteiger charge is -2.32. The minimum atomic E-state index is -0.435. The number of hydrogen-bond donors (Lipinski definition) is 0. The zero-order chi connectivity index (χ0) is 34.6. The van der Waals surface area contributed by atoms with Gasteiger partial charge >= 0.3 is 7.12 Å². The number of fused-ring (bicyclic) bond motifs is 1. The van der Waals surface area contributed by atoms with Crippen molar-refractivity contribution >= 4 is 35.2 Å². The Hall–Kier alpha value is -4.90. The van der Waals surface area contributed by atoms with E-state index in [4.69, 9.17) is 9.31 Å². The van der Waals surface area contributed by atoms with E-state index in [-0.39, 0.29) is 5.41 Å². The van der Waals surface area contributed by atoms with E-state index in [1.807, 2.05) is 12.2 Å². The van der Waals surface area contributed by atoms with Crippen LogP contribution in [0.3, 0.4) is 0 Å². The topological polar surface area (TPSA) is 21.7 Å². The van der Waals surface area contributed by atoms with Crippen molar-refractivity contribution in [3.05, 3.63) is 163 Å². The predicted molar refractivity (Wildman–Crippen MR) is 208 cm³/mol. The van der Waals surface area contributed by atoms with Crippen molar-refractivity contribution in [3.8, 4) is 22.3 Å². The van der Waals surface area contributed by atoms with E-state index >= 15 is 0 Å². The molecule has 3 nitrogen and oxygen atoms in total. The van der Waals surface area contributed by atoms with Crippen molar-refractivity contribution in [2.24, 2.45) is 0 Å². The average molecular weight is 642 g/mol. The molecule has 0 radical (unpaired) electrons. The fraction of sp³-hybridized carbons (Fsp3) is 0.200. The van der Waals surface area contributed by atoms with Gasteiger partial charge in [0.15, 0.2) is 0 Å². The molecule has 0 N–H and O–H groups in total. The van der Waals surface area contributed by atoms with Gasteiger partial charge in [0.25, 0.3) is 0 Å². The van der Waals surface area contributed by atoms with Crippen LogP contribution in [0.25, 0.3) is 27.8 Å². The normalized spacial score (nSPS) is 17.1. The van der Waals surface area contributed by atoms with Crippen LogP contribution in [0, 0.1) is 0 Å². The van der Waals surface area contributed by atoms with Gasteiger partial charge in [0.1, 0.15) is 0 Å². The fourth-order valence-corrected chi connectivity index (χ4v) is 7.21. The van der Waals surface area contributed by atoms with Crippen LogP contribution in [-0.2, 0) is 14.7 Å². The van der Waals surface area contributed by atoms with E-state index < -0.39 is 18.3 Å². The minimum absolute atomic E-state index is 0.225. The van der Waals surface area contributed by atoms with Crippen LogP contribution >= 0.6 is 0 Å². The molecule has 0 atom stereocenters. The molecule has 1 aliphatic carbocycles. The molecule has 1 aliphatic heterocycles. The summed E-state index contributed by atoms with van der Waals surface area (Å²) in [4.78, 5) is 2.39. The van der Waals surface area contributed by atoms with E-state index in [0.29, 0.717) is 0 Å². The molecule has 2 aliphatic rings. The molecule has 49 heavy (non-hydrogen) atoms. The zero-order valence-electron chi connectivity index (χ0n) is 29.5. The Morgan fingerprint density at radius 2 is 1.14 bits per heavy atom. The molecule has 0 bridgehead atoms. The molecule has 5 aromatic rings. The summed E-state index contributed by atoms with van der Waals surface area (Å²) >= 11 is 0. The summed E-state index contributed by atoms with van der Waals surface area (Å²) in [5.41, 5.74) is 12.6. The van der Waals surface area contributed by atoms with Crippen LogP contribution in [0.5, 0.6) is 0 Å². The molecular weight excluding hydrogens is 597 g/mol. The number of allylic oxidation sites excluding steroid dienone is 4. The third-order valence-corrected chi connectivity index (χ3v) is 10.7. The lowest BCUT2D eigenvalue weighted by Crippen LogP contribution is -2.41. The van der Waals surface area contributed by atoms with Crippen LogP contribution < -0.4 is 10.4 Å². The highest BCUT2D eigenvalue weighted by Crippen LogP contribution is 2.50. The molecule has 0 unspecified atom stereocenters. The summed E-state index contributed by atoms with van der Waals surface area (Å²) in [6.45, 7) is 21.3. The highest BCUT2D eigenvalue weighted by molar-refractivity contribution is 6.62. The third-order valence-electron chi connectivity index (χ3n) is 10.7. The number of nitrogens with zero attached hydrogens (tertiary/aromatic N) is 1. The van der Waals surface area contributed by atoms with Gasteiger partial charge in [0.2, 0.25) is 0 Å². The molecule has 0 spiro atoms. The summed E-state index contributed by atoms with van der Waals surface area (Å²) < 4.78 is 12.8. The van der Waals surface area contributed by atoms with Gasteiger partial charge in [0, 0.05) is 22.4 Å². The number of hydrogen-bond acceptors (Lipinski definition) is 3. The largest absolute Gasteiger partial charge is 0.494 e. The molecule has 4 heteroatoms. The average Bonchev–Trinajstić information content (AvgIpc) is 3.47. The maximum absolute atomic E-state index is 6.42. The summed E-state index contributed by atoms with van der Waals surface area (Å²) in [6.07, 6.45) is 3.95. The van der Waals surface area contributed by atoms with Crippen LogP contribution in [0.1, 0.15) is 52.7 Å². The van der Waals surface area contributed by atoms with Gasteiger partial charge in [-0.25, -0.2) is 0 Å². The van der Waals surface area contributed by atoms with Crippen molar-refractivity contribution in [2.75, 3.05) is 4.90 Å². The van der Waals surface area contributed by atoms with Crippen LogP contribution in [-0.4, -0.2) is 18.3 Å². The molecule has 0 amide bonds. The van der Waals surface area contributed by atoms with Gasteiger partial charge in [-0.3, -0.25) is 0 Å². The predicted octanol–water partition coefficient (Wildman–Crippen LogP) is 11.2. The van der Waals surface area contributed by atoms with E-state index in [0.717, 1.165) is 44.8 Å². The lowest BCUT2D eigenvalue weighted by molar-refractivity contribution is 0.00578. The van der Waals surface area contributed by atoms with Crippen molar-refractivity contribution in [2.45, 2.75) is 58.2 Å². The number of rotatable bonds is 8. The highest BCUT2D eigenvalue weighted by Gasteiger charge is 2.51. The maximum Gasteiger partial charge on any atom is 0.494 e. The summed E-state index contributed by atoms with van der Waals surface area (Å²) in [6, 6.07) is 43.5. The molecule has 0 aromatic heterocycles. The van der Waals surface area contributed by atoms with Crippen molar-refractivity contribution in [1.82, 2.24) is 0 Å². The Labute approximate surface area is 292 Å². The Morgan fingerprint density at radius 1 is 0.571 bits per heavy atom. The number of anilines is 3. The van der Waals surface area contributed by atoms with Gasteiger partial charge in [-0.05, 0) is 102 Å². The highest BCUT2D eigenvalue weighted by atomic mass is 16.7. The Morgan fingerprint density at radius 3 is 1.73 bits per heavy atom. The molecule has 1 saturated heterocycles. The van der Waals surface area contributed by atoms with Gasteiger partial charge in [-0.2, -0.15) is 0 Å². The molecule has 1 fully saturated rings. The zero-order valence-corrected chi connectivity index (χ0v) is 29.5. The number of benzene rings is 5. The van der Waals surface area contributed by atoms with E-state index in [1.165, 1.54) is 22.3 Å². The van der Waals surface area contributed by atoms with E-state index in [2.05, 4.69) is 181 Å². The van der Waals surface area contributed by atoms with Crippen LogP contribution in [0.2, 0.25) is 0 Å². The smallest absolute Gasteiger partial charge is 0.399 e. The molecular formula is C45H44BNO2. The second kappa shape index (κ2) is 12.2. The summed E-state index contributed by atoms with van der Waals surface area (Å²) in [5, 5.41) is 0. The second-order valence-electron chi connectivity index (χ2n) is 14.6. The van der Waals surface area contributed by atoms with Gasteiger partial charge in [-0.15, -0.1) is 0 Å². The lowest BCUT2D eigenvalue weighted by atomic mass is 9.79. The summed E-state index contributed by atoms with van der Waals surface area (Å²) in [5.74, 6) is 0. The van der Waals surface area contributed by atoms with Crippen LogP contribution in [0.15, 0.2) is 152 Å². The first-order chi connectivity index (χ1) is 23.4. The molecule has 244 valence electrons. The Bertz CT molecular complexity index is 2060. The van der Waals surface area contributed by atoms with Crippen molar-refractivity contribution < 1.29 is 9.31 Å². The SMILES string of the molecule is C=CC1=C(C=C)C(C)(C)c2cc(N(c3ccc(B4OC(C)(C)C(C)(C)O4)cc3)c3cc(-c4ccccc4)ccc3-c3ccccc3)ccc21. The summed E-state index contributed by atoms with van der Waals surface area (Å²) in [7, 11) is -0.435. The molecule has 5 aromatic carbocycles. The first kappa shape index (κ1) is 32.6. The third kappa shape index (κ3) is 5.59. The first-order valence-corrected chi connectivity index (χ1v) is 17.1. The van der Waals surface area contributed by atoms with Gasteiger partial charge in [-0.1, -0.05) is 130 Å². The van der Waals surface area contributed by atoms with Gasteiger partial charge in [0.05, 0.1) is 16.9 Å². The Kier molecular flexibility index (Phi) is 8.14. The van der Waals surface area contributed by atoms with Crippen LogP contribution in [0.4, 0.5) is 17.1 Å². The first-order valence-electron chi connectivity index (χ1n) is 17.1. The van der Waals surface area contributed by atoms with Crippen molar-refractivity contribution in [1.29, 1.82) is 0 Å². The molecule has 1 heterocycles. The van der Waals surface area contributed by atoms with E-state index in [1.54, 1.807) is 0 Å². The Balaban J connectivity index is 1.43.